The van der Waals surface area contributed by atoms with Crippen molar-refractivity contribution < 1.29 is 23.9 Å². The highest BCUT2D eigenvalue weighted by molar-refractivity contribution is 5.71. The molecule has 0 radical (unpaired) electrons. The largest absolute Gasteiger partial charge is 0.490 e. The van der Waals surface area contributed by atoms with E-state index in [9.17, 15) is 14.9 Å². The predicted molar refractivity (Wildman–Crippen MR) is 80.7 cm³/mol. The van der Waals surface area contributed by atoms with E-state index in [0.29, 0.717) is 11.6 Å². The summed E-state index contributed by atoms with van der Waals surface area (Å²) in [7, 11) is 3.07. The zero-order chi connectivity index (χ0) is 17.7. The van der Waals surface area contributed by atoms with Gasteiger partial charge in [-0.05, 0) is 13.0 Å². The third-order valence-electron chi connectivity index (χ3n) is 3.25. The molecular weight excluding hydrogens is 320 g/mol. The highest BCUT2D eigenvalue weighted by atomic mass is 16.6. The lowest BCUT2D eigenvalue weighted by Crippen LogP contribution is -2.16. The number of nitro benzene ring substituents is 1. The third kappa shape index (κ3) is 3.97. The second kappa shape index (κ2) is 7.40. The van der Waals surface area contributed by atoms with Crippen LogP contribution < -0.4 is 9.47 Å². The first kappa shape index (κ1) is 17.2. The van der Waals surface area contributed by atoms with Gasteiger partial charge in [0.05, 0.1) is 12.0 Å². The Morgan fingerprint density at radius 1 is 1.38 bits per heavy atom. The van der Waals surface area contributed by atoms with Gasteiger partial charge in [-0.3, -0.25) is 10.1 Å². The lowest BCUT2D eigenvalue weighted by molar-refractivity contribution is -0.385. The van der Waals surface area contributed by atoms with Crippen LogP contribution >= 0.6 is 0 Å². The molecule has 0 aliphatic heterocycles. The summed E-state index contributed by atoms with van der Waals surface area (Å²) < 4.78 is 16.9. The Balaban J connectivity index is 1.89. The number of carbonyl (C=O) groups is 1. The van der Waals surface area contributed by atoms with Crippen LogP contribution in [0.2, 0.25) is 0 Å². The molecule has 0 aliphatic carbocycles. The summed E-state index contributed by atoms with van der Waals surface area (Å²) in [5.74, 6) is 0.908. The van der Waals surface area contributed by atoms with E-state index >= 15 is 0 Å². The second-order valence-corrected chi connectivity index (χ2v) is 4.76. The van der Waals surface area contributed by atoms with Crippen LogP contribution in [0.1, 0.15) is 11.6 Å². The van der Waals surface area contributed by atoms with Crippen LogP contribution in [-0.2, 0) is 23.2 Å². The number of benzene rings is 1. The number of nitro groups is 1. The molecule has 0 aliphatic rings. The minimum Gasteiger partial charge on any atom is -0.490 e. The second-order valence-electron chi connectivity index (χ2n) is 4.76. The average molecular weight is 336 g/mol. The maximum Gasteiger partial charge on any atom is 0.344 e. The van der Waals surface area contributed by atoms with Gasteiger partial charge in [-0.1, -0.05) is 0 Å². The molecule has 1 heterocycles. The number of rotatable bonds is 7. The number of hydrogen-bond donors (Lipinski definition) is 0. The van der Waals surface area contributed by atoms with Gasteiger partial charge < -0.3 is 18.8 Å². The van der Waals surface area contributed by atoms with Crippen LogP contribution in [0, 0.1) is 17.0 Å². The average Bonchev–Trinajstić information content (AvgIpc) is 2.89. The molecule has 10 nitrogen and oxygen atoms in total. The van der Waals surface area contributed by atoms with E-state index in [1.807, 2.05) is 0 Å². The standard InChI is InChI=1S/C14H16N4O6/c1-9-15-16-13(17(9)2)7-24-14(19)8-23-10-4-5-11(18(20)21)12(6-10)22-3/h4-6H,7-8H2,1-3H3. The first-order valence-corrected chi connectivity index (χ1v) is 6.88. The summed E-state index contributed by atoms with van der Waals surface area (Å²) in [6, 6.07) is 3.94. The van der Waals surface area contributed by atoms with E-state index in [4.69, 9.17) is 14.2 Å². The lowest BCUT2D eigenvalue weighted by atomic mass is 10.3. The molecule has 1 aromatic carbocycles. The van der Waals surface area contributed by atoms with Gasteiger partial charge in [0.1, 0.15) is 11.6 Å². The molecular formula is C14H16N4O6. The Morgan fingerprint density at radius 3 is 2.71 bits per heavy atom. The van der Waals surface area contributed by atoms with Gasteiger partial charge >= 0.3 is 11.7 Å². The van der Waals surface area contributed by atoms with Crippen LogP contribution in [0.5, 0.6) is 11.5 Å². The van der Waals surface area contributed by atoms with E-state index < -0.39 is 10.9 Å². The van der Waals surface area contributed by atoms with Crippen molar-refractivity contribution in [2.45, 2.75) is 13.5 Å². The van der Waals surface area contributed by atoms with E-state index in [1.165, 1.54) is 25.3 Å². The minimum atomic E-state index is -0.604. The molecule has 0 atom stereocenters. The molecule has 0 saturated heterocycles. The zero-order valence-corrected chi connectivity index (χ0v) is 13.4. The minimum absolute atomic E-state index is 0.0247. The van der Waals surface area contributed by atoms with E-state index in [0.717, 1.165) is 0 Å². The maximum atomic E-state index is 11.7. The summed E-state index contributed by atoms with van der Waals surface area (Å²) >= 11 is 0. The van der Waals surface area contributed by atoms with Crippen LogP contribution in [0.3, 0.4) is 0 Å². The molecule has 24 heavy (non-hydrogen) atoms. The quantitative estimate of drug-likeness (QED) is 0.420. The summed E-state index contributed by atoms with van der Waals surface area (Å²) in [6.07, 6.45) is 0. The third-order valence-corrected chi connectivity index (χ3v) is 3.25. The van der Waals surface area contributed by atoms with Crippen LogP contribution in [0.15, 0.2) is 18.2 Å². The summed E-state index contributed by atoms with van der Waals surface area (Å²) in [6.45, 7) is 1.41. The lowest BCUT2D eigenvalue weighted by Gasteiger charge is -2.08. The van der Waals surface area contributed by atoms with Gasteiger partial charge in [0.15, 0.2) is 19.0 Å². The SMILES string of the molecule is COc1cc(OCC(=O)OCc2nnc(C)n2C)ccc1[N+](=O)[O-]. The molecule has 2 rings (SSSR count). The normalized spacial score (nSPS) is 10.3. The molecule has 0 fully saturated rings. The van der Waals surface area contributed by atoms with Gasteiger partial charge in [0.25, 0.3) is 0 Å². The number of aromatic nitrogens is 3. The van der Waals surface area contributed by atoms with Crippen molar-refractivity contribution in [1.29, 1.82) is 0 Å². The number of methoxy groups -OCH3 is 1. The smallest absolute Gasteiger partial charge is 0.344 e. The monoisotopic (exact) mass is 336 g/mol. The number of hydrogen-bond acceptors (Lipinski definition) is 8. The maximum absolute atomic E-state index is 11.7. The molecule has 0 saturated carbocycles. The summed E-state index contributed by atoms with van der Waals surface area (Å²) in [5.41, 5.74) is -0.190. The predicted octanol–water partition coefficient (Wildman–Crippen LogP) is 1.16. The topological polar surface area (TPSA) is 119 Å². The van der Waals surface area contributed by atoms with Gasteiger partial charge in [-0.2, -0.15) is 0 Å². The summed E-state index contributed by atoms with van der Waals surface area (Å²) in [5, 5.41) is 18.5. The Bertz CT molecular complexity index is 758. The molecule has 0 amide bonds. The number of nitrogens with zero attached hydrogens (tertiary/aromatic N) is 4. The molecule has 0 unspecified atom stereocenters. The van der Waals surface area contributed by atoms with E-state index in [2.05, 4.69) is 10.2 Å². The number of aryl methyl sites for hydroxylation is 1. The Kier molecular flexibility index (Phi) is 5.30. The van der Waals surface area contributed by atoms with Crippen molar-refractivity contribution in [3.8, 4) is 11.5 Å². The van der Waals surface area contributed by atoms with E-state index in [1.54, 1.807) is 18.5 Å². The number of ether oxygens (including phenoxy) is 3. The fourth-order valence-electron chi connectivity index (χ4n) is 1.80. The van der Waals surface area contributed by atoms with Gasteiger partial charge in [0, 0.05) is 19.2 Å². The molecule has 2 aromatic rings. The van der Waals surface area contributed by atoms with Crippen molar-refractivity contribution >= 4 is 11.7 Å². The van der Waals surface area contributed by atoms with E-state index in [-0.39, 0.29) is 30.4 Å². The first-order chi connectivity index (χ1) is 11.4. The van der Waals surface area contributed by atoms with Gasteiger partial charge in [-0.25, -0.2) is 4.79 Å². The fourth-order valence-corrected chi connectivity index (χ4v) is 1.80. The van der Waals surface area contributed by atoms with Crippen molar-refractivity contribution in [1.82, 2.24) is 14.8 Å². The molecule has 0 bridgehead atoms. The fraction of sp³-hybridized carbons (Fsp3) is 0.357. The van der Waals surface area contributed by atoms with Gasteiger partial charge in [-0.15, -0.1) is 10.2 Å². The Hall–Kier alpha value is -3.17. The van der Waals surface area contributed by atoms with Crippen molar-refractivity contribution in [2.24, 2.45) is 7.05 Å². The number of carbonyl (C=O) groups excluding carboxylic acids is 1. The Morgan fingerprint density at radius 2 is 2.12 bits per heavy atom. The highest BCUT2D eigenvalue weighted by Crippen LogP contribution is 2.30. The first-order valence-electron chi connectivity index (χ1n) is 6.88. The molecule has 128 valence electrons. The molecule has 0 spiro atoms. The number of esters is 1. The van der Waals surface area contributed by atoms with Crippen molar-refractivity contribution in [2.75, 3.05) is 13.7 Å². The molecule has 1 aromatic heterocycles. The zero-order valence-electron chi connectivity index (χ0n) is 13.4. The van der Waals surface area contributed by atoms with Crippen molar-refractivity contribution in [3.05, 3.63) is 40.0 Å². The molecule has 10 heteroatoms. The van der Waals surface area contributed by atoms with Crippen LogP contribution in [0.4, 0.5) is 5.69 Å². The van der Waals surface area contributed by atoms with Crippen LogP contribution in [0.25, 0.3) is 0 Å². The summed E-state index contributed by atoms with van der Waals surface area (Å²) in [4.78, 5) is 21.9. The Labute approximate surface area is 137 Å². The van der Waals surface area contributed by atoms with Crippen molar-refractivity contribution in [3.63, 3.8) is 0 Å². The highest BCUT2D eigenvalue weighted by Gasteiger charge is 2.16. The van der Waals surface area contributed by atoms with Crippen LogP contribution in [-0.4, -0.2) is 39.4 Å². The molecule has 0 N–H and O–H groups in total. The van der Waals surface area contributed by atoms with Gasteiger partial charge in [0.2, 0.25) is 5.75 Å².